The maximum atomic E-state index is 5.33. The molecule has 0 saturated carbocycles. The molecule has 0 bridgehead atoms. The Labute approximate surface area is 77.6 Å². The minimum Gasteiger partial charge on any atom is -0.377 e. The third-order valence-electron chi connectivity index (χ3n) is 2.13. The van der Waals surface area contributed by atoms with E-state index in [0.717, 1.165) is 25.7 Å². The summed E-state index contributed by atoms with van der Waals surface area (Å²) in [4.78, 5) is 10.5. The molecule has 1 atom stereocenters. The lowest BCUT2D eigenvalue weighted by Crippen LogP contribution is -2.44. The molecule has 1 aromatic rings. The molecule has 2 rings (SSSR count). The molecule has 1 aliphatic rings. The molecular weight excluding hydrogens is 166 g/mol. The summed E-state index contributed by atoms with van der Waals surface area (Å²) in [7, 11) is 0. The van der Waals surface area contributed by atoms with E-state index in [2.05, 4.69) is 27.9 Å². The first kappa shape index (κ1) is 8.44. The molecule has 13 heavy (non-hydrogen) atoms. The molecule has 4 heteroatoms. The van der Waals surface area contributed by atoms with Gasteiger partial charge in [0.1, 0.15) is 0 Å². The second-order valence-corrected chi connectivity index (χ2v) is 3.10. The average Bonchev–Trinajstić information content (AvgIpc) is 2.20. The summed E-state index contributed by atoms with van der Waals surface area (Å²) < 4.78 is 5.33. The maximum Gasteiger partial charge on any atom is 0.225 e. The summed E-state index contributed by atoms with van der Waals surface area (Å²) in [6.45, 7) is 4.48. The van der Waals surface area contributed by atoms with Crippen molar-refractivity contribution in [2.45, 2.75) is 13.0 Å². The number of hydrogen-bond donors (Lipinski definition) is 0. The smallest absolute Gasteiger partial charge is 0.225 e. The fourth-order valence-electron chi connectivity index (χ4n) is 1.43. The fraction of sp³-hybridized carbons (Fsp3) is 0.556. The molecule has 1 aliphatic heterocycles. The van der Waals surface area contributed by atoms with Gasteiger partial charge in [0.15, 0.2) is 0 Å². The summed E-state index contributed by atoms with van der Waals surface area (Å²) in [6.07, 6.45) is 3.29. The van der Waals surface area contributed by atoms with Gasteiger partial charge in [0.2, 0.25) is 5.95 Å². The summed E-state index contributed by atoms with van der Waals surface area (Å²) in [5.41, 5.74) is 0. The Hall–Kier alpha value is -1.16. The summed E-state index contributed by atoms with van der Waals surface area (Å²) >= 11 is 0. The van der Waals surface area contributed by atoms with Gasteiger partial charge in [-0.3, -0.25) is 0 Å². The third-order valence-corrected chi connectivity index (χ3v) is 2.13. The molecule has 0 N–H and O–H groups in total. The lowest BCUT2D eigenvalue weighted by molar-refractivity contribution is 0.0981. The van der Waals surface area contributed by atoms with E-state index in [-0.39, 0.29) is 0 Å². The van der Waals surface area contributed by atoms with Crippen molar-refractivity contribution in [3.05, 3.63) is 18.5 Å². The van der Waals surface area contributed by atoms with Crippen molar-refractivity contribution >= 4 is 5.95 Å². The number of morpholine rings is 1. The van der Waals surface area contributed by atoms with E-state index in [1.807, 2.05) is 0 Å². The molecule has 0 amide bonds. The van der Waals surface area contributed by atoms with Crippen LogP contribution in [-0.2, 0) is 4.74 Å². The van der Waals surface area contributed by atoms with Crippen molar-refractivity contribution < 1.29 is 4.74 Å². The second-order valence-electron chi connectivity index (χ2n) is 3.10. The van der Waals surface area contributed by atoms with Gasteiger partial charge in [-0.2, -0.15) is 0 Å². The van der Waals surface area contributed by atoms with Crippen LogP contribution in [0.3, 0.4) is 0 Å². The Bertz CT molecular complexity index is 265. The Morgan fingerprint density at radius 1 is 1.54 bits per heavy atom. The molecular formula is C9H12N3O. The molecule has 69 valence electrons. The molecule has 1 aromatic heterocycles. The van der Waals surface area contributed by atoms with Gasteiger partial charge in [-0.1, -0.05) is 0 Å². The van der Waals surface area contributed by atoms with Crippen LogP contribution >= 0.6 is 0 Å². The fourth-order valence-corrected chi connectivity index (χ4v) is 1.43. The first-order valence-corrected chi connectivity index (χ1v) is 4.40. The van der Waals surface area contributed by atoms with Crippen LogP contribution in [-0.4, -0.2) is 35.8 Å². The average molecular weight is 178 g/mol. The molecule has 0 unspecified atom stereocenters. The molecule has 2 heterocycles. The number of ether oxygens (including phenoxy) is 1. The number of aromatic nitrogens is 2. The van der Waals surface area contributed by atoms with E-state index in [0.29, 0.717) is 6.04 Å². The molecule has 0 spiro atoms. The Balaban J connectivity index is 2.15. The first-order valence-electron chi connectivity index (χ1n) is 4.40. The van der Waals surface area contributed by atoms with E-state index in [4.69, 9.17) is 4.74 Å². The molecule has 0 aliphatic carbocycles. The maximum absolute atomic E-state index is 5.33. The molecule has 1 fully saturated rings. The minimum atomic E-state index is 0.358. The van der Waals surface area contributed by atoms with Crippen molar-refractivity contribution in [2.24, 2.45) is 0 Å². The van der Waals surface area contributed by atoms with Gasteiger partial charge >= 0.3 is 0 Å². The van der Waals surface area contributed by atoms with Crippen molar-refractivity contribution in [3.8, 4) is 0 Å². The highest BCUT2D eigenvalue weighted by atomic mass is 16.5. The molecule has 1 saturated heterocycles. The van der Waals surface area contributed by atoms with Crippen molar-refractivity contribution in [1.82, 2.24) is 9.97 Å². The van der Waals surface area contributed by atoms with Gasteiger partial charge in [-0.15, -0.1) is 0 Å². The van der Waals surface area contributed by atoms with Crippen LogP contribution in [0, 0.1) is 6.07 Å². The predicted molar refractivity (Wildman–Crippen MR) is 48.5 cm³/mol. The van der Waals surface area contributed by atoms with Gasteiger partial charge in [-0.25, -0.2) is 9.97 Å². The Morgan fingerprint density at radius 3 is 3.00 bits per heavy atom. The summed E-state index contributed by atoms with van der Waals surface area (Å²) in [5.74, 6) is 0.773. The van der Waals surface area contributed by atoms with Gasteiger partial charge in [0.05, 0.1) is 19.3 Å². The summed E-state index contributed by atoms with van der Waals surface area (Å²) in [6, 6.07) is 3.16. The van der Waals surface area contributed by atoms with Crippen LogP contribution in [0.15, 0.2) is 12.4 Å². The minimum absolute atomic E-state index is 0.358. The molecule has 1 radical (unpaired) electrons. The summed E-state index contributed by atoms with van der Waals surface area (Å²) in [5, 5.41) is 0. The zero-order valence-corrected chi connectivity index (χ0v) is 7.60. The standard InChI is InChI=1S/C9H12N3O/c1-8-7-13-6-5-12(8)9-10-3-2-4-11-9/h3-4,8H,5-7H2,1H3/t8-/m0/s1. The Kier molecular flexibility index (Phi) is 2.40. The van der Waals surface area contributed by atoms with Gasteiger partial charge < -0.3 is 9.64 Å². The lowest BCUT2D eigenvalue weighted by Gasteiger charge is -2.32. The van der Waals surface area contributed by atoms with Crippen LogP contribution in [0.4, 0.5) is 5.95 Å². The number of hydrogen-bond acceptors (Lipinski definition) is 4. The van der Waals surface area contributed by atoms with Crippen LogP contribution in [0.2, 0.25) is 0 Å². The zero-order valence-electron chi connectivity index (χ0n) is 7.60. The van der Waals surface area contributed by atoms with Crippen LogP contribution in [0.5, 0.6) is 0 Å². The third kappa shape index (κ3) is 1.78. The molecule has 0 aromatic carbocycles. The zero-order chi connectivity index (χ0) is 9.10. The Morgan fingerprint density at radius 2 is 2.31 bits per heavy atom. The number of rotatable bonds is 1. The van der Waals surface area contributed by atoms with Gasteiger partial charge in [-0.05, 0) is 6.92 Å². The van der Waals surface area contributed by atoms with Gasteiger partial charge in [0, 0.05) is 25.0 Å². The van der Waals surface area contributed by atoms with Crippen molar-refractivity contribution in [1.29, 1.82) is 0 Å². The van der Waals surface area contributed by atoms with E-state index in [1.54, 1.807) is 12.4 Å². The van der Waals surface area contributed by atoms with E-state index in [1.165, 1.54) is 0 Å². The highest BCUT2D eigenvalue weighted by Crippen LogP contribution is 2.12. The normalized spacial score (nSPS) is 23.2. The number of anilines is 1. The van der Waals surface area contributed by atoms with E-state index in [9.17, 15) is 0 Å². The van der Waals surface area contributed by atoms with E-state index >= 15 is 0 Å². The van der Waals surface area contributed by atoms with Gasteiger partial charge in [0.25, 0.3) is 0 Å². The predicted octanol–water partition coefficient (Wildman–Crippen LogP) is 0.502. The van der Waals surface area contributed by atoms with Crippen LogP contribution < -0.4 is 4.90 Å². The largest absolute Gasteiger partial charge is 0.377 e. The lowest BCUT2D eigenvalue weighted by atomic mass is 10.3. The highest BCUT2D eigenvalue weighted by Gasteiger charge is 2.20. The van der Waals surface area contributed by atoms with Crippen molar-refractivity contribution in [3.63, 3.8) is 0 Å². The van der Waals surface area contributed by atoms with Crippen LogP contribution in [0.25, 0.3) is 0 Å². The SMILES string of the molecule is C[C@H]1COCCN1c1nc[c]cn1. The van der Waals surface area contributed by atoms with Crippen molar-refractivity contribution in [2.75, 3.05) is 24.7 Å². The first-order chi connectivity index (χ1) is 6.38. The topological polar surface area (TPSA) is 38.2 Å². The van der Waals surface area contributed by atoms with Crippen LogP contribution in [0.1, 0.15) is 6.92 Å². The van der Waals surface area contributed by atoms with E-state index < -0.39 is 0 Å². The number of nitrogens with zero attached hydrogens (tertiary/aromatic N) is 3. The monoisotopic (exact) mass is 178 g/mol. The quantitative estimate of drug-likeness (QED) is 0.627. The molecule has 4 nitrogen and oxygen atoms in total. The highest BCUT2D eigenvalue weighted by molar-refractivity contribution is 5.30. The second kappa shape index (κ2) is 3.70.